The van der Waals surface area contributed by atoms with Crippen LogP contribution in [0.1, 0.15) is 38.3 Å². The summed E-state index contributed by atoms with van der Waals surface area (Å²) in [5, 5.41) is 19.3. The van der Waals surface area contributed by atoms with Crippen LogP contribution in [-0.4, -0.2) is 49.7 Å². The Morgan fingerprint density at radius 1 is 1.30 bits per heavy atom. The first-order chi connectivity index (χ1) is 11.1. The standard InChI is InChI=1S/C12H19N3S2.C2H2O4/c1-2-3-4-8-16-12-11(14-17-15-12)10-6-5-7-13-9-10;3-1(4)2(5)6/h6,13H,2-5,7-9H2,1H3;(H,3,4)(H,5,6). The molecule has 1 aromatic heterocycles. The Bertz CT molecular complexity index is 534. The van der Waals surface area contributed by atoms with E-state index in [1.54, 1.807) is 0 Å². The first-order valence-electron chi connectivity index (χ1n) is 7.38. The number of thioether (sulfide) groups is 1. The van der Waals surface area contributed by atoms with E-state index in [0.29, 0.717) is 0 Å². The van der Waals surface area contributed by atoms with Gasteiger partial charge in [0.15, 0.2) is 0 Å². The molecule has 7 nitrogen and oxygen atoms in total. The maximum atomic E-state index is 9.10. The van der Waals surface area contributed by atoms with E-state index in [-0.39, 0.29) is 0 Å². The molecule has 3 N–H and O–H groups in total. The van der Waals surface area contributed by atoms with E-state index in [2.05, 4.69) is 27.1 Å². The zero-order valence-electron chi connectivity index (χ0n) is 12.9. The summed E-state index contributed by atoms with van der Waals surface area (Å²) >= 11 is 3.19. The average Bonchev–Trinajstić information content (AvgIpc) is 3.01. The molecule has 2 rings (SSSR count). The molecule has 0 fully saturated rings. The summed E-state index contributed by atoms with van der Waals surface area (Å²) in [6.45, 7) is 4.26. The zero-order chi connectivity index (χ0) is 17.1. The van der Waals surface area contributed by atoms with Gasteiger partial charge in [-0.05, 0) is 30.7 Å². The fourth-order valence-electron chi connectivity index (χ4n) is 1.82. The number of carboxylic acids is 2. The van der Waals surface area contributed by atoms with Crippen molar-refractivity contribution < 1.29 is 19.8 Å². The summed E-state index contributed by atoms with van der Waals surface area (Å²) in [4.78, 5) is 18.2. The molecule has 1 aromatic rings. The predicted octanol–water partition coefficient (Wildman–Crippen LogP) is 2.35. The minimum atomic E-state index is -1.82. The highest BCUT2D eigenvalue weighted by Crippen LogP contribution is 2.28. The molecule has 1 aliphatic rings. The molecule has 2 heterocycles. The molecule has 0 aromatic carbocycles. The maximum Gasteiger partial charge on any atom is 0.414 e. The van der Waals surface area contributed by atoms with Gasteiger partial charge in [-0.1, -0.05) is 25.8 Å². The fourth-order valence-corrected chi connectivity index (χ4v) is 3.53. The van der Waals surface area contributed by atoms with Gasteiger partial charge in [-0.3, -0.25) is 0 Å². The second-order valence-corrected chi connectivity index (χ2v) is 6.39. The van der Waals surface area contributed by atoms with Crippen molar-refractivity contribution >= 4 is 41.0 Å². The Morgan fingerprint density at radius 2 is 2.04 bits per heavy atom. The number of unbranched alkanes of at least 4 members (excludes halogenated alkanes) is 2. The number of hydrogen-bond donors (Lipinski definition) is 3. The second kappa shape index (κ2) is 11.1. The van der Waals surface area contributed by atoms with Crippen LogP contribution in [0, 0.1) is 0 Å². The van der Waals surface area contributed by atoms with Crippen molar-refractivity contribution in [1.82, 2.24) is 14.1 Å². The minimum absolute atomic E-state index is 0.938. The number of rotatable bonds is 6. The number of hydrogen-bond acceptors (Lipinski definition) is 7. The van der Waals surface area contributed by atoms with Gasteiger partial charge in [-0.2, -0.15) is 8.75 Å². The van der Waals surface area contributed by atoms with Crippen LogP contribution in [0.4, 0.5) is 0 Å². The van der Waals surface area contributed by atoms with Crippen LogP contribution >= 0.6 is 23.5 Å². The monoisotopic (exact) mass is 359 g/mol. The molecule has 128 valence electrons. The summed E-state index contributed by atoms with van der Waals surface area (Å²) in [5.74, 6) is -2.49. The highest BCUT2D eigenvalue weighted by Gasteiger charge is 2.14. The van der Waals surface area contributed by atoms with Crippen molar-refractivity contribution in [3.8, 4) is 0 Å². The first kappa shape index (κ1) is 19.6. The number of carboxylic acid groups (broad SMARTS) is 2. The van der Waals surface area contributed by atoms with Gasteiger partial charge in [0.1, 0.15) is 10.7 Å². The molecule has 0 amide bonds. The van der Waals surface area contributed by atoms with Crippen molar-refractivity contribution in [2.45, 2.75) is 37.6 Å². The van der Waals surface area contributed by atoms with E-state index in [4.69, 9.17) is 19.8 Å². The van der Waals surface area contributed by atoms with Gasteiger partial charge in [0.25, 0.3) is 0 Å². The molecule has 0 spiro atoms. The lowest BCUT2D eigenvalue weighted by Crippen LogP contribution is -2.21. The van der Waals surface area contributed by atoms with Crippen LogP contribution in [-0.2, 0) is 9.59 Å². The molecule has 9 heteroatoms. The van der Waals surface area contributed by atoms with Crippen LogP contribution in [0.15, 0.2) is 11.1 Å². The third-order valence-corrected chi connectivity index (χ3v) is 4.65. The maximum absolute atomic E-state index is 9.10. The third kappa shape index (κ3) is 7.58. The van der Waals surface area contributed by atoms with Crippen LogP contribution < -0.4 is 5.32 Å². The Labute approximate surface area is 143 Å². The van der Waals surface area contributed by atoms with E-state index < -0.39 is 11.9 Å². The van der Waals surface area contributed by atoms with Crippen molar-refractivity contribution in [3.05, 3.63) is 11.8 Å². The van der Waals surface area contributed by atoms with Crippen molar-refractivity contribution in [2.24, 2.45) is 0 Å². The Balaban J connectivity index is 0.000000379. The molecule has 0 aliphatic carbocycles. The fraction of sp³-hybridized carbons (Fsp3) is 0.571. The van der Waals surface area contributed by atoms with Gasteiger partial charge < -0.3 is 15.5 Å². The highest BCUT2D eigenvalue weighted by molar-refractivity contribution is 7.99. The van der Waals surface area contributed by atoms with Gasteiger partial charge in [0.2, 0.25) is 0 Å². The number of aliphatic carboxylic acids is 2. The minimum Gasteiger partial charge on any atom is -0.473 e. The van der Waals surface area contributed by atoms with Crippen molar-refractivity contribution in [1.29, 1.82) is 0 Å². The Morgan fingerprint density at radius 3 is 2.61 bits per heavy atom. The molecule has 0 atom stereocenters. The van der Waals surface area contributed by atoms with Gasteiger partial charge in [0, 0.05) is 6.54 Å². The molecule has 0 bridgehead atoms. The smallest absolute Gasteiger partial charge is 0.414 e. The lowest BCUT2D eigenvalue weighted by atomic mass is 10.1. The first-order valence-corrected chi connectivity index (χ1v) is 9.09. The summed E-state index contributed by atoms with van der Waals surface area (Å²) in [5.41, 5.74) is 2.44. The van der Waals surface area contributed by atoms with Crippen molar-refractivity contribution in [2.75, 3.05) is 18.8 Å². The quantitative estimate of drug-likeness (QED) is 0.403. The summed E-state index contributed by atoms with van der Waals surface area (Å²) < 4.78 is 8.85. The van der Waals surface area contributed by atoms with Crippen LogP contribution in [0.5, 0.6) is 0 Å². The topological polar surface area (TPSA) is 112 Å². The van der Waals surface area contributed by atoms with E-state index >= 15 is 0 Å². The SMILES string of the molecule is CCCCCSc1nsnc1C1=CCCNC1.O=C(O)C(=O)O. The summed E-state index contributed by atoms with van der Waals surface area (Å²) in [6.07, 6.45) is 7.26. The van der Waals surface area contributed by atoms with Gasteiger partial charge in [0.05, 0.1) is 11.7 Å². The molecule has 0 saturated carbocycles. The van der Waals surface area contributed by atoms with Crippen LogP contribution in [0.2, 0.25) is 0 Å². The van der Waals surface area contributed by atoms with Gasteiger partial charge in [-0.25, -0.2) is 9.59 Å². The summed E-state index contributed by atoms with van der Waals surface area (Å²) in [6, 6.07) is 0. The lowest BCUT2D eigenvalue weighted by Gasteiger charge is -2.12. The van der Waals surface area contributed by atoms with E-state index in [9.17, 15) is 0 Å². The largest absolute Gasteiger partial charge is 0.473 e. The molecule has 1 aliphatic heterocycles. The van der Waals surface area contributed by atoms with Gasteiger partial charge in [-0.15, -0.1) is 11.8 Å². The highest BCUT2D eigenvalue weighted by atomic mass is 32.2. The Kier molecular flexibility index (Phi) is 9.49. The normalized spacial score (nSPS) is 13.7. The molecular formula is C14H21N3O4S2. The molecule has 0 radical (unpaired) electrons. The van der Waals surface area contributed by atoms with E-state index in [1.165, 1.54) is 36.6 Å². The predicted molar refractivity (Wildman–Crippen MR) is 90.9 cm³/mol. The number of carbonyl (C=O) groups is 2. The second-order valence-electron chi connectivity index (χ2n) is 4.78. The van der Waals surface area contributed by atoms with Gasteiger partial charge >= 0.3 is 11.9 Å². The number of nitrogens with one attached hydrogen (secondary N) is 1. The van der Waals surface area contributed by atoms with Crippen LogP contribution in [0.3, 0.4) is 0 Å². The lowest BCUT2D eigenvalue weighted by molar-refractivity contribution is -0.159. The van der Waals surface area contributed by atoms with E-state index in [0.717, 1.165) is 36.0 Å². The third-order valence-electron chi connectivity index (χ3n) is 2.96. The molecule has 0 saturated heterocycles. The summed E-state index contributed by atoms with van der Waals surface area (Å²) in [7, 11) is 0. The number of nitrogens with zero attached hydrogens (tertiary/aromatic N) is 2. The Hall–Kier alpha value is -1.45. The zero-order valence-corrected chi connectivity index (χ0v) is 14.6. The molecule has 23 heavy (non-hydrogen) atoms. The van der Waals surface area contributed by atoms with Crippen LogP contribution in [0.25, 0.3) is 5.57 Å². The molecular weight excluding hydrogens is 338 g/mol. The number of aromatic nitrogens is 2. The average molecular weight is 359 g/mol. The van der Waals surface area contributed by atoms with E-state index in [1.807, 2.05) is 11.8 Å². The van der Waals surface area contributed by atoms with Crippen molar-refractivity contribution in [3.63, 3.8) is 0 Å². The molecule has 0 unspecified atom stereocenters.